The van der Waals surface area contributed by atoms with Crippen LogP contribution >= 0.6 is 0 Å². The quantitative estimate of drug-likeness (QED) is 0.401. The first-order valence-corrected chi connectivity index (χ1v) is 12.4. The number of aromatic nitrogens is 3. The molecule has 6 nitrogen and oxygen atoms in total. The molecular formula is C28H38N4O2. The molecule has 0 aliphatic carbocycles. The smallest absolute Gasteiger partial charge is 0.145 e. The minimum Gasteiger partial charge on any atom is -0.491 e. The van der Waals surface area contributed by atoms with E-state index in [0.29, 0.717) is 12.5 Å². The lowest BCUT2D eigenvalue weighted by Gasteiger charge is -2.13. The van der Waals surface area contributed by atoms with Crippen molar-refractivity contribution in [3.05, 3.63) is 60.4 Å². The number of benzene rings is 1. The van der Waals surface area contributed by atoms with Crippen LogP contribution < -0.4 is 10.1 Å². The summed E-state index contributed by atoms with van der Waals surface area (Å²) in [5.74, 6) is 1.43. The molecule has 1 aliphatic rings. The SMILES string of the molecule is CCC.CCCO.Cc1ccn2c(-c3ccc4cccc(OCC5CCNC5)c4n3)cnc2c1. The molecule has 0 radical (unpaired) electrons. The Morgan fingerprint density at radius 2 is 1.94 bits per heavy atom. The minimum atomic E-state index is 0.319. The van der Waals surface area contributed by atoms with Crippen LogP contribution in [0.2, 0.25) is 0 Å². The normalized spacial score (nSPS) is 14.9. The molecule has 0 amide bonds. The Morgan fingerprint density at radius 3 is 2.65 bits per heavy atom. The Morgan fingerprint density at radius 1 is 1.15 bits per heavy atom. The van der Waals surface area contributed by atoms with E-state index >= 15 is 0 Å². The van der Waals surface area contributed by atoms with Gasteiger partial charge in [0.2, 0.25) is 0 Å². The highest BCUT2D eigenvalue weighted by Gasteiger charge is 2.16. The average molecular weight is 463 g/mol. The number of ether oxygens (including phenoxy) is 1. The molecule has 0 spiro atoms. The highest BCUT2D eigenvalue weighted by atomic mass is 16.5. The summed E-state index contributed by atoms with van der Waals surface area (Å²) in [4.78, 5) is 9.47. The van der Waals surface area contributed by atoms with Crippen molar-refractivity contribution in [2.24, 2.45) is 5.92 Å². The van der Waals surface area contributed by atoms with Crippen molar-refractivity contribution >= 4 is 16.6 Å². The van der Waals surface area contributed by atoms with Gasteiger partial charge < -0.3 is 15.2 Å². The molecule has 6 heteroatoms. The fourth-order valence-corrected chi connectivity index (χ4v) is 3.72. The number of nitrogens with one attached hydrogen (secondary N) is 1. The zero-order valence-electron chi connectivity index (χ0n) is 20.9. The summed E-state index contributed by atoms with van der Waals surface area (Å²) in [7, 11) is 0. The largest absolute Gasteiger partial charge is 0.491 e. The van der Waals surface area contributed by atoms with Crippen molar-refractivity contribution in [2.45, 2.75) is 47.0 Å². The average Bonchev–Trinajstić information content (AvgIpc) is 3.53. The van der Waals surface area contributed by atoms with Crippen molar-refractivity contribution in [1.29, 1.82) is 0 Å². The van der Waals surface area contributed by atoms with Crippen molar-refractivity contribution < 1.29 is 9.84 Å². The number of fused-ring (bicyclic) bond motifs is 2. The fourth-order valence-electron chi connectivity index (χ4n) is 3.72. The van der Waals surface area contributed by atoms with Gasteiger partial charge in [0.05, 0.1) is 24.2 Å². The number of rotatable bonds is 5. The molecule has 4 aromatic rings. The van der Waals surface area contributed by atoms with Crippen LogP contribution in [0.3, 0.4) is 0 Å². The number of para-hydroxylation sites is 1. The van der Waals surface area contributed by atoms with E-state index in [9.17, 15) is 0 Å². The summed E-state index contributed by atoms with van der Waals surface area (Å²) < 4.78 is 8.23. The van der Waals surface area contributed by atoms with Gasteiger partial charge in [-0.25, -0.2) is 9.97 Å². The van der Waals surface area contributed by atoms with Gasteiger partial charge in [-0.2, -0.15) is 0 Å². The highest BCUT2D eigenvalue weighted by molar-refractivity contribution is 5.86. The Kier molecular flexibility index (Phi) is 9.86. The molecule has 1 atom stereocenters. The number of aliphatic hydroxyl groups is 1. The minimum absolute atomic E-state index is 0.319. The van der Waals surface area contributed by atoms with Gasteiger partial charge in [0.15, 0.2) is 0 Å². The Labute approximate surface area is 203 Å². The molecule has 182 valence electrons. The van der Waals surface area contributed by atoms with Crippen LogP contribution in [0.25, 0.3) is 27.9 Å². The molecule has 1 aromatic carbocycles. The second-order valence-electron chi connectivity index (χ2n) is 8.70. The van der Waals surface area contributed by atoms with Gasteiger partial charge in [-0.05, 0) is 56.1 Å². The highest BCUT2D eigenvalue weighted by Crippen LogP contribution is 2.28. The molecule has 1 unspecified atom stereocenters. The van der Waals surface area contributed by atoms with E-state index in [0.717, 1.165) is 59.8 Å². The molecule has 0 saturated carbocycles. The third kappa shape index (κ3) is 6.55. The van der Waals surface area contributed by atoms with E-state index in [1.807, 2.05) is 31.5 Å². The molecule has 1 aliphatic heterocycles. The number of pyridine rings is 2. The third-order valence-corrected chi connectivity index (χ3v) is 5.47. The summed E-state index contributed by atoms with van der Waals surface area (Å²) in [6.45, 7) is 11.4. The van der Waals surface area contributed by atoms with Gasteiger partial charge in [0.1, 0.15) is 16.9 Å². The number of nitrogens with zero attached hydrogens (tertiary/aromatic N) is 3. The molecule has 1 saturated heterocycles. The van der Waals surface area contributed by atoms with Gasteiger partial charge in [-0.15, -0.1) is 0 Å². The van der Waals surface area contributed by atoms with Crippen molar-refractivity contribution in [2.75, 3.05) is 26.3 Å². The standard InChI is InChI=1S/C22H22N4O.C3H8O.C3H8/c1-15-8-10-26-19(13-24-21(26)11-15)18-6-5-17-3-2-4-20(22(17)25-18)27-14-16-7-9-23-12-16;1-2-3-4;1-3-2/h2-6,8,10-11,13,16,23H,7,9,12,14H2,1H3;4H,2-3H2,1H3;3H2,1-2H3. The first kappa shape index (κ1) is 25.7. The van der Waals surface area contributed by atoms with Crippen LogP contribution in [0.4, 0.5) is 0 Å². The second kappa shape index (κ2) is 13.1. The van der Waals surface area contributed by atoms with Gasteiger partial charge in [0, 0.05) is 30.7 Å². The Bertz CT molecular complexity index is 1160. The lowest BCUT2D eigenvalue weighted by atomic mass is 10.1. The molecule has 0 bridgehead atoms. The van der Waals surface area contributed by atoms with Gasteiger partial charge in [-0.1, -0.05) is 45.4 Å². The predicted octanol–water partition coefficient (Wildman–Crippen LogP) is 5.65. The summed E-state index contributed by atoms with van der Waals surface area (Å²) >= 11 is 0. The zero-order chi connectivity index (χ0) is 24.3. The maximum atomic E-state index is 7.88. The van der Waals surface area contributed by atoms with Crippen molar-refractivity contribution in [1.82, 2.24) is 19.7 Å². The van der Waals surface area contributed by atoms with E-state index in [-0.39, 0.29) is 0 Å². The summed E-state index contributed by atoms with van der Waals surface area (Å²) in [5.41, 5.74) is 4.93. The van der Waals surface area contributed by atoms with E-state index in [4.69, 9.17) is 14.8 Å². The lowest BCUT2D eigenvalue weighted by Crippen LogP contribution is -2.15. The van der Waals surface area contributed by atoms with Gasteiger partial charge >= 0.3 is 0 Å². The first-order valence-electron chi connectivity index (χ1n) is 12.4. The van der Waals surface area contributed by atoms with Crippen LogP contribution in [0, 0.1) is 12.8 Å². The monoisotopic (exact) mass is 462 g/mol. The summed E-state index contributed by atoms with van der Waals surface area (Å²) in [6, 6.07) is 14.4. The molecule has 4 heterocycles. The second-order valence-corrected chi connectivity index (χ2v) is 8.70. The Hall–Kier alpha value is -2.96. The van der Waals surface area contributed by atoms with Crippen LogP contribution in [0.15, 0.2) is 54.9 Å². The van der Waals surface area contributed by atoms with Crippen molar-refractivity contribution in [3.63, 3.8) is 0 Å². The van der Waals surface area contributed by atoms with E-state index in [1.165, 1.54) is 18.4 Å². The van der Waals surface area contributed by atoms with Crippen LogP contribution in [-0.2, 0) is 0 Å². The lowest BCUT2D eigenvalue weighted by molar-refractivity contribution is 0.262. The van der Waals surface area contributed by atoms with E-state index in [2.05, 4.69) is 65.8 Å². The topological polar surface area (TPSA) is 71.7 Å². The predicted molar refractivity (Wildman–Crippen MR) is 140 cm³/mol. The summed E-state index contributed by atoms with van der Waals surface area (Å²) in [6.07, 6.45) is 7.23. The molecule has 2 N–H and O–H groups in total. The van der Waals surface area contributed by atoms with Gasteiger partial charge in [-0.3, -0.25) is 4.40 Å². The zero-order valence-corrected chi connectivity index (χ0v) is 20.9. The molecule has 3 aromatic heterocycles. The Balaban J connectivity index is 0.000000413. The molecule has 34 heavy (non-hydrogen) atoms. The number of hydrogen-bond acceptors (Lipinski definition) is 5. The third-order valence-electron chi connectivity index (χ3n) is 5.47. The molecular weight excluding hydrogens is 424 g/mol. The van der Waals surface area contributed by atoms with Crippen LogP contribution in [0.1, 0.15) is 45.6 Å². The van der Waals surface area contributed by atoms with E-state index in [1.54, 1.807) is 0 Å². The number of aliphatic hydroxyl groups excluding tert-OH is 1. The first-order chi connectivity index (χ1) is 16.6. The maximum Gasteiger partial charge on any atom is 0.145 e. The maximum absolute atomic E-state index is 7.88. The molecule has 5 rings (SSSR count). The van der Waals surface area contributed by atoms with E-state index < -0.39 is 0 Å². The van der Waals surface area contributed by atoms with Crippen molar-refractivity contribution in [3.8, 4) is 17.1 Å². The van der Waals surface area contributed by atoms with Gasteiger partial charge in [0.25, 0.3) is 0 Å². The summed E-state index contributed by atoms with van der Waals surface area (Å²) in [5, 5.41) is 12.4. The number of hydrogen-bond donors (Lipinski definition) is 2. The fraction of sp³-hybridized carbons (Fsp3) is 0.429. The van der Waals surface area contributed by atoms with Crippen LogP contribution in [-0.4, -0.2) is 45.8 Å². The molecule has 1 fully saturated rings. The number of imidazole rings is 1. The number of aryl methyl sites for hydroxylation is 1. The van der Waals surface area contributed by atoms with Crippen LogP contribution in [0.5, 0.6) is 5.75 Å².